The number of piperazine rings is 1. The fraction of sp³-hybridized carbons (Fsp3) is 0.481. The second-order valence-corrected chi connectivity index (χ2v) is 9.01. The van der Waals surface area contributed by atoms with Gasteiger partial charge in [0.1, 0.15) is 0 Å². The number of piperidine rings is 1. The summed E-state index contributed by atoms with van der Waals surface area (Å²) in [6.45, 7) is 7.72. The van der Waals surface area contributed by atoms with Crippen molar-refractivity contribution in [2.75, 3.05) is 65.5 Å². The van der Waals surface area contributed by atoms with Crippen molar-refractivity contribution in [1.82, 2.24) is 9.80 Å². The minimum Gasteiger partial charge on any atom is -0.493 e. The van der Waals surface area contributed by atoms with Crippen LogP contribution < -0.4 is 19.1 Å². The maximum absolute atomic E-state index is 9.10. The number of benzene rings is 2. The molecule has 2 saturated heterocycles. The first-order valence-corrected chi connectivity index (χ1v) is 12.4. The largest absolute Gasteiger partial charge is 0.493 e. The van der Waals surface area contributed by atoms with Gasteiger partial charge in [0.05, 0.1) is 21.3 Å². The molecule has 0 saturated carbocycles. The van der Waals surface area contributed by atoms with E-state index in [0.717, 1.165) is 57.3 Å². The Bertz CT molecular complexity index is 981. The third-order valence-corrected chi connectivity index (χ3v) is 6.82. The molecule has 0 aliphatic carbocycles. The van der Waals surface area contributed by atoms with Gasteiger partial charge in [-0.25, -0.2) is 9.59 Å². The lowest BCUT2D eigenvalue weighted by molar-refractivity contribution is -0.159. The molecule has 0 aromatic heterocycles. The highest BCUT2D eigenvalue weighted by Gasteiger charge is 2.28. The molecule has 2 aromatic carbocycles. The molecule has 37 heavy (non-hydrogen) atoms. The number of nitrogens with zero attached hydrogens (tertiary/aromatic N) is 3. The van der Waals surface area contributed by atoms with E-state index < -0.39 is 11.9 Å². The van der Waals surface area contributed by atoms with E-state index in [4.69, 9.17) is 34.0 Å². The quantitative estimate of drug-likeness (QED) is 0.534. The molecule has 2 aromatic rings. The number of anilines is 1. The number of methoxy groups -OCH3 is 3. The molecule has 0 spiro atoms. The van der Waals surface area contributed by atoms with Gasteiger partial charge >= 0.3 is 11.9 Å². The van der Waals surface area contributed by atoms with E-state index in [2.05, 4.69) is 57.2 Å². The van der Waals surface area contributed by atoms with Crippen molar-refractivity contribution < 1.29 is 34.0 Å². The summed E-state index contributed by atoms with van der Waals surface area (Å²) in [6.07, 6.45) is 2.46. The van der Waals surface area contributed by atoms with Crippen LogP contribution in [0.15, 0.2) is 42.5 Å². The number of hydrogen-bond acceptors (Lipinski definition) is 8. The van der Waals surface area contributed by atoms with Crippen molar-refractivity contribution >= 4 is 17.6 Å². The Balaban J connectivity index is 0.000000568. The number of para-hydroxylation sites is 1. The van der Waals surface area contributed by atoms with Gasteiger partial charge in [0.25, 0.3) is 0 Å². The number of carbonyl (C=O) groups is 2. The van der Waals surface area contributed by atoms with E-state index in [-0.39, 0.29) is 0 Å². The van der Waals surface area contributed by atoms with Gasteiger partial charge in [0.15, 0.2) is 11.5 Å². The number of carboxylic acid groups (broad SMARTS) is 2. The van der Waals surface area contributed by atoms with E-state index in [9.17, 15) is 0 Å². The van der Waals surface area contributed by atoms with Crippen LogP contribution in [0, 0.1) is 0 Å². The summed E-state index contributed by atoms with van der Waals surface area (Å²) in [5.74, 6) is -1.54. The van der Waals surface area contributed by atoms with Gasteiger partial charge in [0, 0.05) is 44.5 Å². The average Bonchev–Trinajstić information content (AvgIpc) is 2.93. The van der Waals surface area contributed by atoms with E-state index in [1.807, 2.05) is 0 Å². The third-order valence-electron chi connectivity index (χ3n) is 6.82. The van der Waals surface area contributed by atoms with Crippen LogP contribution in [-0.4, -0.2) is 98.6 Å². The molecule has 4 rings (SSSR count). The molecule has 0 bridgehead atoms. The Morgan fingerprint density at radius 1 is 0.811 bits per heavy atom. The number of likely N-dealkylation sites (tertiary alicyclic amines) is 1. The van der Waals surface area contributed by atoms with Crippen LogP contribution in [0.4, 0.5) is 5.69 Å². The van der Waals surface area contributed by atoms with Crippen LogP contribution in [0.5, 0.6) is 17.2 Å². The molecule has 202 valence electrons. The summed E-state index contributed by atoms with van der Waals surface area (Å²) in [4.78, 5) is 26.0. The van der Waals surface area contributed by atoms with Gasteiger partial charge in [-0.1, -0.05) is 18.2 Å². The maximum Gasteiger partial charge on any atom is 0.414 e. The zero-order chi connectivity index (χ0) is 26.8. The Kier molecular flexibility index (Phi) is 10.4. The van der Waals surface area contributed by atoms with Crippen LogP contribution in [0.3, 0.4) is 0 Å². The second-order valence-electron chi connectivity index (χ2n) is 9.01. The molecule has 10 heteroatoms. The van der Waals surface area contributed by atoms with Gasteiger partial charge < -0.3 is 29.3 Å². The second kappa shape index (κ2) is 13.7. The predicted molar refractivity (Wildman–Crippen MR) is 140 cm³/mol. The molecule has 2 aliphatic heterocycles. The fourth-order valence-electron chi connectivity index (χ4n) is 4.91. The zero-order valence-electron chi connectivity index (χ0n) is 21.8. The number of aliphatic carboxylic acids is 2. The zero-order valence-corrected chi connectivity index (χ0v) is 21.8. The van der Waals surface area contributed by atoms with Gasteiger partial charge in [0.2, 0.25) is 5.75 Å². The van der Waals surface area contributed by atoms with Crippen molar-refractivity contribution in [3.05, 3.63) is 48.0 Å². The van der Waals surface area contributed by atoms with Crippen LogP contribution in [0.25, 0.3) is 0 Å². The van der Waals surface area contributed by atoms with E-state index >= 15 is 0 Å². The summed E-state index contributed by atoms with van der Waals surface area (Å²) in [5, 5.41) is 14.8. The molecule has 0 atom stereocenters. The monoisotopic (exact) mass is 515 g/mol. The SMILES string of the molecule is COc1cc(CN2CCC(N3CCN(c4ccccc4)CC3)CC2)cc(OC)c1OC.O=C(O)C(=O)O. The summed E-state index contributed by atoms with van der Waals surface area (Å²) < 4.78 is 16.5. The minimum atomic E-state index is -1.82. The molecule has 0 unspecified atom stereocenters. The van der Waals surface area contributed by atoms with Crippen LogP contribution in [0.1, 0.15) is 18.4 Å². The maximum atomic E-state index is 9.10. The highest BCUT2D eigenvalue weighted by Crippen LogP contribution is 2.38. The number of hydrogen-bond donors (Lipinski definition) is 2. The van der Waals surface area contributed by atoms with Crippen molar-refractivity contribution in [2.24, 2.45) is 0 Å². The molecule has 0 amide bonds. The van der Waals surface area contributed by atoms with Crippen molar-refractivity contribution in [3.63, 3.8) is 0 Å². The van der Waals surface area contributed by atoms with Gasteiger partial charge in [-0.05, 0) is 55.8 Å². The van der Waals surface area contributed by atoms with Gasteiger partial charge in [-0.2, -0.15) is 0 Å². The van der Waals surface area contributed by atoms with Crippen LogP contribution >= 0.6 is 0 Å². The third kappa shape index (κ3) is 7.74. The fourth-order valence-corrected chi connectivity index (χ4v) is 4.91. The first-order valence-electron chi connectivity index (χ1n) is 12.4. The molecule has 0 radical (unpaired) electrons. The number of rotatable bonds is 7. The number of ether oxygens (including phenoxy) is 3. The molecular formula is C27H37N3O7. The molecule has 10 nitrogen and oxygen atoms in total. The van der Waals surface area contributed by atoms with Crippen LogP contribution in [0.2, 0.25) is 0 Å². The molecule has 2 N–H and O–H groups in total. The first-order chi connectivity index (χ1) is 17.9. The van der Waals surface area contributed by atoms with Gasteiger partial charge in [-0.3, -0.25) is 9.80 Å². The Morgan fingerprint density at radius 2 is 1.35 bits per heavy atom. The summed E-state index contributed by atoms with van der Waals surface area (Å²) in [6, 6.07) is 15.6. The number of carboxylic acids is 2. The summed E-state index contributed by atoms with van der Waals surface area (Å²) >= 11 is 0. The Morgan fingerprint density at radius 3 is 1.81 bits per heavy atom. The highest BCUT2D eigenvalue weighted by molar-refractivity contribution is 6.27. The van der Waals surface area contributed by atoms with Crippen molar-refractivity contribution in [3.8, 4) is 17.2 Å². The van der Waals surface area contributed by atoms with E-state index in [1.165, 1.54) is 24.1 Å². The average molecular weight is 516 g/mol. The lowest BCUT2D eigenvalue weighted by Gasteiger charge is -2.43. The van der Waals surface area contributed by atoms with Crippen molar-refractivity contribution in [2.45, 2.75) is 25.4 Å². The van der Waals surface area contributed by atoms with Gasteiger partial charge in [-0.15, -0.1) is 0 Å². The van der Waals surface area contributed by atoms with Crippen molar-refractivity contribution in [1.29, 1.82) is 0 Å². The van der Waals surface area contributed by atoms with E-state index in [1.54, 1.807) is 21.3 Å². The predicted octanol–water partition coefficient (Wildman–Crippen LogP) is 2.65. The molecule has 2 aliphatic rings. The molecular weight excluding hydrogens is 478 g/mol. The molecule has 2 heterocycles. The smallest absolute Gasteiger partial charge is 0.414 e. The topological polar surface area (TPSA) is 112 Å². The summed E-state index contributed by atoms with van der Waals surface area (Å²) in [7, 11) is 4.98. The first kappa shape index (κ1) is 28.1. The standard InChI is InChI=1S/C25H35N3O3.C2H2O4/c1-29-23-17-20(18-24(30-2)25(23)31-3)19-26-11-9-22(10-12-26)28-15-13-27(14-16-28)21-7-5-4-6-8-21;3-1(4)2(5)6/h4-8,17-18,22H,9-16,19H2,1-3H3;(H,3,4)(H,5,6). The summed E-state index contributed by atoms with van der Waals surface area (Å²) in [5.41, 5.74) is 2.55. The minimum absolute atomic E-state index is 0.655. The van der Waals surface area contributed by atoms with Crippen LogP contribution in [-0.2, 0) is 16.1 Å². The normalized spacial score (nSPS) is 16.9. The molecule has 2 fully saturated rings. The van der Waals surface area contributed by atoms with E-state index in [0.29, 0.717) is 11.8 Å². The lowest BCUT2D eigenvalue weighted by atomic mass is 10.0. The highest BCUT2D eigenvalue weighted by atomic mass is 16.5. The Labute approximate surface area is 217 Å². The Hall–Kier alpha value is -3.50. The lowest BCUT2D eigenvalue weighted by Crippen LogP contribution is -2.53.